The second kappa shape index (κ2) is 6.57. The molecule has 0 spiro atoms. The molecule has 3 aromatic rings. The van der Waals surface area contributed by atoms with E-state index in [9.17, 15) is 10.2 Å². The van der Waals surface area contributed by atoms with Crippen LogP contribution in [0.15, 0.2) is 24.3 Å². The summed E-state index contributed by atoms with van der Waals surface area (Å²) in [5, 5.41) is 25.5. The fourth-order valence-corrected chi connectivity index (χ4v) is 4.63. The van der Waals surface area contributed by atoms with Gasteiger partial charge in [0, 0.05) is 18.1 Å². The summed E-state index contributed by atoms with van der Waals surface area (Å²) in [5.41, 5.74) is 1.05. The zero-order valence-corrected chi connectivity index (χ0v) is 15.3. The Kier molecular flexibility index (Phi) is 4.41. The average molecular weight is 379 g/mol. The van der Waals surface area contributed by atoms with Crippen LogP contribution in [0.1, 0.15) is 35.1 Å². The van der Waals surface area contributed by atoms with Gasteiger partial charge in [-0.15, -0.1) is 5.10 Å². The molecule has 4 rings (SSSR count). The van der Waals surface area contributed by atoms with Crippen LogP contribution in [-0.4, -0.2) is 48.9 Å². The van der Waals surface area contributed by atoms with Crippen molar-refractivity contribution in [3.05, 3.63) is 45.6 Å². The van der Waals surface area contributed by atoms with Gasteiger partial charge in [-0.2, -0.15) is 4.52 Å². The second-order valence-electron chi connectivity index (χ2n) is 6.36. The first-order valence-electron chi connectivity index (χ1n) is 8.25. The van der Waals surface area contributed by atoms with Crippen LogP contribution in [0, 0.1) is 6.92 Å². The number of aromatic nitrogens is 3. The molecule has 2 aromatic heterocycles. The van der Waals surface area contributed by atoms with Crippen molar-refractivity contribution >= 4 is 27.9 Å². The van der Waals surface area contributed by atoms with Crippen molar-refractivity contribution in [1.29, 1.82) is 0 Å². The molecule has 1 saturated heterocycles. The van der Waals surface area contributed by atoms with Crippen LogP contribution in [0.3, 0.4) is 0 Å². The third-order valence-corrected chi connectivity index (χ3v) is 5.93. The molecule has 2 N–H and O–H groups in total. The third-order valence-electron chi connectivity index (χ3n) is 4.60. The van der Waals surface area contributed by atoms with Crippen LogP contribution in [0.4, 0.5) is 0 Å². The molecule has 1 atom stereocenters. The molecular weight excluding hydrogens is 360 g/mol. The van der Waals surface area contributed by atoms with E-state index in [1.807, 2.05) is 31.2 Å². The molecule has 1 aromatic carbocycles. The van der Waals surface area contributed by atoms with Crippen LogP contribution in [0.5, 0.6) is 5.88 Å². The maximum absolute atomic E-state index is 10.7. The van der Waals surface area contributed by atoms with Crippen molar-refractivity contribution in [3.63, 3.8) is 0 Å². The number of halogens is 1. The summed E-state index contributed by atoms with van der Waals surface area (Å²) >= 11 is 7.49. The lowest BCUT2D eigenvalue weighted by Gasteiger charge is -2.36. The van der Waals surface area contributed by atoms with Gasteiger partial charge in [0.2, 0.25) is 10.8 Å². The number of thiazole rings is 1. The first kappa shape index (κ1) is 16.8. The van der Waals surface area contributed by atoms with Gasteiger partial charge in [-0.1, -0.05) is 35.1 Å². The van der Waals surface area contributed by atoms with Crippen LogP contribution < -0.4 is 0 Å². The van der Waals surface area contributed by atoms with Gasteiger partial charge >= 0.3 is 0 Å². The lowest BCUT2D eigenvalue weighted by atomic mass is 9.99. The number of likely N-dealkylation sites (tertiary alicyclic amines) is 1. The Morgan fingerprint density at radius 1 is 1.24 bits per heavy atom. The Hall–Kier alpha value is -1.67. The van der Waals surface area contributed by atoms with Crippen molar-refractivity contribution < 1.29 is 10.2 Å². The van der Waals surface area contributed by atoms with Crippen molar-refractivity contribution in [2.45, 2.75) is 31.9 Å². The number of rotatable bonds is 3. The molecule has 0 aliphatic carbocycles. The first-order chi connectivity index (χ1) is 12.0. The molecule has 0 amide bonds. The minimum absolute atomic E-state index is 0.112. The van der Waals surface area contributed by atoms with E-state index >= 15 is 0 Å². The van der Waals surface area contributed by atoms with E-state index in [1.54, 1.807) is 0 Å². The number of benzene rings is 1. The van der Waals surface area contributed by atoms with E-state index in [0.717, 1.165) is 36.4 Å². The monoisotopic (exact) mass is 378 g/mol. The molecule has 132 valence electrons. The molecule has 0 saturated carbocycles. The van der Waals surface area contributed by atoms with Crippen molar-refractivity contribution in [2.24, 2.45) is 0 Å². The maximum Gasteiger partial charge on any atom is 0.230 e. The summed E-state index contributed by atoms with van der Waals surface area (Å²) in [4.78, 5) is 8.15. The van der Waals surface area contributed by atoms with Crippen LogP contribution >= 0.6 is 22.9 Å². The number of aromatic hydroxyl groups is 1. The molecule has 0 bridgehead atoms. The minimum atomic E-state index is -0.249. The maximum atomic E-state index is 10.7. The Morgan fingerprint density at radius 2 is 1.92 bits per heavy atom. The molecule has 1 aliphatic heterocycles. The van der Waals surface area contributed by atoms with E-state index in [1.165, 1.54) is 15.9 Å². The van der Waals surface area contributed by atoms with Gasteiger partial charge in [-0.05, 0) is 37.5 Å². The summed E-state index contributed by atoms with van der Waals surface area (Å²) in [6, 6.07) is 7.58. The van der Waals surface area contributed by atoms with Crippen LogP contribution in [0.25, 0.3) is 4.96 Å². The van der Waals surface area contributed by atoms with Gasteiger partial charge in [0.15, 0.2) is 0 Å². The smallest absolute Gasteiger partial charge is 0.230 e. The fraction of sp³-hybridized carbons (Fsp3) is 0.412. The second-order valence-corrected chi connectivity index (χ2v) is 7.81. The Morgan fingerprint density at radius 3 is 2.56 bits per heavy atom. The molecule has 25 heavy (non-hydrogen) atoms. The fourth-order valence-electron chi connectivity index (χ4n) is 3.34. The summed E-state index contributed by atoms with van der Waals surface area (Å²) in [7, 11) is 0. The largest absolute Gasteiger partial charge is 0.492 e. The number of aliphatic hydroxyl groups is 1. The highest BCUT2D eigenvalue weighted by Crippen LogP contribution is 2.41. The number of aryl methyl sites for hydroxylation is 1. The van der Waals surface area contributed by atoms with Crippen molar-refractivity contribution in [1.82, 2.24) is 19.5 Å². The SMILES string of the molecule is Cc1nc2sc([C@@H](c3ccc(Cl)cc3)N3CCC(O)CC3)c(O)n2n1. The predicted octanol–water partition coefficient (Wildman–Crippen LogP) is 3.00. The summed E-state index contributed by atoms with van der Waals surface area (Å²) in [6.07, 6.45) is 1.20. The van der Waals surface area contributed by atoms with Crippen molar-refractivity contribution in [2.75, 3.05) is 13.1 Å². The Bertz CT molecular complexity index is 884. The Balaban J connectivity index is 1.79. The van der Waals surface area contributed by atoms with Gasteiger partial charge < -0.3 is 10.2 Å². The average Bonchev–Trinajstić information content (AvgIpc) is 3.09. The normalized spacial score (nSPS) is 18.0. The topological polar surface area (TPSA) is 73.9 Å². The highest BCUT2D eigenvalue weighted by atomic mass is 35.5. The van der Waals surface area contributed by atoms with Gasteiger partial charge in [0.05, 0.1) is 17.0 Å². The van der Waals surface area contributed by atoms with E-state index in [2.05, 4.69) is 15.0 Å². The van der Waals surface area contributed by atoms with Crippen LogP contribution in [-0.2, 0) is 0 Å². The predicted molar refractivity (Wildman–Crippen MR) is 97.4 cm³/mol. The molecule has 6 nitrogen and oxygen atoms in total. The molecule has 0 radical (unpaired) electrons. The number of nitrogens with zero attached hydrogens (tertiary/aromatic N) is 4. The standard InChI is InChI=1S/C17H19ClN4O2S/c1-10-19-17-22(20-10)16(24)15(25-17)14(11-2-4-12(18)5-3-11)21-8-6-13(23)7-9-21/h2-5,13-14,23-24H,6-9H2,1H3/t14-/m1/s1. The number of hydrogen-bond donors (Lipinski definition) is 2. The molecular formula is C17H19ClN4O2S. The first-order valence-corrected chi connectivity index (χ1v) is 9.45. The number of piperidine rings is 1. The summed E-state index contributed by atoms with van der Waals surface area (Å²) in [5.74, 6) is 0.768. The quantitative estimate of drug-likeness (QED) is 0.732. The highest BCUT2D eigenvalue weighted by Gasteiger charge is 2.31. The van der Waals surface area contributed by atoms with Gasteiger partial charge in [0.25, 0.3) is 0 Å². The molecule has 8 heteroatoms. The molecule has 1 aliphatic rings. The lowest BCUT2D eigenvalue weighted by Crippen LogP contribution is -2.38. The Labute approximate surface area is 154 Å². The lowest BCUT2D eigenvalue weighted by molar-refractivity contribution is 0.0689. The van der Waals surface area contributed by atoms with Crippen LogP contribution in [0.2, 0.25) is 5.02 Å². The van der Waals surface area contributed by atoms with E-state index < -0.39 is 0 Å². The van der Waals surface area contributed by atoms with E-state index in [-0.39, 0.29) is 18.0 Å². The zero-order valence-electron chi connectivity index (χ0n) is 13.8. The zero-order chi connectivity index (χ0) is 17.6. The van der Waals surface area contributed by atoms with Gasteiger partial charge in [0.1, 0.15) is 5.82 Å². The van der Waals surface area contributed by atoms with E-state index in [4.69, 9.17) is 11.6 Å². The molecule has 0 unspecified atom stereocenters. The van der Waals surface area contributed by atoms with Gasteiger partial charge in [-0.3, -0.25) is 4.90 Å². The summed E-state index contributed by atoms with van der Waals surface area (Å²) in [6.45, 7) is 3.34. The molecule has 1 fully saturated rings. The number of fused-ring (bicyclic) bond motifs is 1. The number of aliphatic hydroxyl groups excluding tert-OH is 1. The minimum Gasteiger partial charge on any atom is -0.492 e. The van der Waals surface area contributed by atoms with E-state index in [0.29, 0.717) is 15.8 Å². The third kappa shape index (κ3) is 3.13. The number of hydrogen-bond acceptors (Lipinski definition) is 6. The van der Waals surface area contributed by atoms with Crippen molar-refractivity contribution in [3.8, 4) is 5.88 Å². The highest BCUT2D eigenvalue weighted by molar-refractivity contribution is 7.17. The van der Waals surface area contributed by atoms with Gasteiger partial charge in [-0.25, -0.2) is 4.98 Å². The molecule has 3 heterocycles. The summed E-state index contributed by atoms with van der Waals surface area (Å²) < 4.78 is 1.50.